The Bertz CT molecular complexity index is 1340. The van der Waals surface area contributed by atoms with Crippen molar-refractivity contribution in [2.24, 2.45) is 0 Å². The van der Waals surface area contributed by atoms with E-state index in [4.69, 9.17) is 35.6 Å². The normalized spacial score (nSPS) is 29.0. The second-order valence-electron chi connectivity index (χ2n) is 8.63. The smallest absolute Gasteiger partial charge is 0.350 e. The molecule has 2 fully saturated rings. The summed E-state index contributed by atoms with van der Waals surface area (Å²) in [6.45, 7) is 1.51. The molecule has 12 nitrogen and oxygen atoms in total. The van der Waals surface area contributed by atoms with E-state index in [2.05, 4.69) is 15.4 Å². The van der Waals surface area contributed by atoms with Crippen LogP contribution in [0.1, 0.15) is 24.2 Å². The number of rotatable bonds is 7. The Balaban J connectivity index is 1.48. The van der Waals surface area contributed by atoms with Gasteiger partial charge in [0.25, 0.3) is 0 Å². The van der Waals surface area contributed by atoms with Gasteiger partial charge in [0.1, 0.15) is 47.8 Å². The molecule has 6 atom stereocenters. The van der Waals surface area contributed by atoms with Crippen LogP contribution < -0.4 is 5.32 Å². The molecule has 3 aromatic rings. The average molecular weight is 545 g/mol. The Morgan fingerprint density at radius 2 is 2.08 bits per heavy atom. The lowest BCUT2D eigenvalue weighted by atomic mass is 10.0. The van der Waals surface area contributed by atoms with E-state index in [1.54, 1.807) is 37.3 Å². The number of aliphatic hydroxyl groups excluding tert-OH is 2. The highest BCUT2D eigenvalue weighted by Crippen LogP contribution is 2.47. The Hall–Kier alpha value is -2.19. The quantitative estimate of drug-likeness (QED) is 0.273. The minimum atomic E-state index is -4.48. The maximum atomic E-state index is 14.3. The summed E-state index contributed by atoms with van der Waals surface area (Å²) in [5.41, 5.74) is 1.00. The predicted molar refractivity (Wildman–Crippen MR) is 123 cm³/mol. The van der Waals surface area contributed by atoms with E-state index in [0.717, 1.165) is 0 Å². The second kappa shape index (κ2) is 9.28. The molecule has 1 unspecified atom stereocenters. The van der Waals surface area contributed by atoms with E-state index in [1.165, 1.54) is 10.6 Å². The van der Waals surface area contributed by atoms with Crippen molar-refractivity contribution in [2.45, 2.75) is 43.2 Å². The Labute approximate surface area is 208 Å². The van der Waals surface area contributed by atoms with E-state index >= 15 is 0 Å². The number of benzene rings is 1. The number of aliphatic hydroxyl groups is 2. The van der Waals surface area contributed by atoms with Gasteiger partial charge >= 0.3 is 7.60 Å². The van der Waals surface area contributed by atoms with Crippen molar-refractivity contribution < 1.29 is 43.2 Å². The zero-order valence-electron chi connectivity index (χ0n) is 18.7. The molecule has 0 radical (unpaired) electrons. The highest BCUT2D eigenvalue weighted by atomic mass is 35.5. The second-order valence-corrected chi connectivity index (χ2v) is 10.6. The molecule has 2 aliphatic heterocycles. The third-order valence-corrected chi connectivity index (χ3v) is 6.86. The van der Waals surface area contributed by atoms with Crippen LogP contribution in [-0.2, 0) is 24.6 Å². The molecule has 0 spiro atoms. The van der Waals surface area contributed by atoms with Crippen LogP contribution in [0, 0.1) is 5.82 Å². The van der Waals surface area contributed by atoms with Gasteiger partial charge < -0.3 is 39.5 Å². The van der Waals surface area contributed by atoms with Gasteiger partial charge in [0, 0.05) is 5.56 Å². The Morgan fingerprint density at radius 1 is 1.33 bits per heavy atom. The van der Waals surface area contributed by atoms with Gasteiger partial charge in [0.15, 0.2) is 5.82 Å². The fourth-order valence-electron chi connectivity index (χ4n) is 4.53. The van der Waals surface area contributed by atoms with E-state index in [9.17, 15) is 19.2 Å². The first-order valence-electron chi connectivity index (χ1n) is 10.9. The van der Waals surface area contributed by atoms with Crippen molar-refractivity contribution in [1.29, 1.82) is 0 Å². The van der Waals surface area contributed by atoms with Crippen molar-refractivity contribution in [2.75, 3.05) is 18.3 Å². The van der Waals surface area contributed by atoms with Gasteiger partial charge in [-0.15, -0.1) is 5.10 Å². The van der Waals surface area contributed by atoms with Gasteiger partial charge in [-0.3, -0.25) is 4.57 Å². The largest absolute Gasteiger partial charge is 0.387 e. The number of halogens is 2. The molecule has 2 aliphatic rings. The molecule has 4 heterocycles. The lowest BCUT2D eigenvalue weighted by Crippen LogP contribution is -2.48. The Kier molecular flexibility index (Phi) is 6.56. The molecule has 5 N–H and O–H groups in total. The first-order valence-corrected chi connectivity index (χ1v) is 13.1. The van der Waals surface area contributed by atoms with Crippen LogP contribution in [0.5, 0.6) is 0 Å². The zero-order chi connectivity index (χ0) is 25.8. The zero-order valence-corrected chi connectivity index (χ0v) is 20.4. The monoisotopic (exact) mass is 544 g/mol. The van der Waals surface area contributed by atoms with Crippen LogP contribution in [0.4, 0.5) is 10.2 Å². The summed E-state index contributed by atoms with van der Waals surface area (Å²) in [6.07, 6.45) is -6.16. The number of hydrogen-bond donors (Lipinski definition) is 5. The van der Waals surface area contributed by atoms with Crippen molar-refractivity contribution in [3.63, 3.8) is 0 Å². The molecule has 194 valence electrons. The number of aromatic nitrogens is 3. The number of ether oxygens (including phenoxy) is 3. The van der Waals surface area contributed by atoms with Gasteiger partial charge in [-0.2, -0.15) is 4.98 Å². The van der Waals surface area contributed by atoms with Crippen LogP contribution in [0.25, 0.3) is 5.52 Å². The molecular weight excluding hydrogens is 522 g/mol. The molecule has 2 saturated heterocycles. The molecule has 0 saturated carbocycles. The molecular formula is C21H23ClFN4O8P. The summed E-state index contributed by atoms with van der Waals surface area (Å²) in [4.78, 5) is 22.4. The van der Waals surface area contributed by atoms with Crippen LogP contribution >= 0.6 is 19.2 Å². The van der Waals surface area contributed by atoms with Crippen LogP contribution in [0.3, 0.4) is 0 Å². The van der Waals surface area contributed by atoms with Gasteiger partial charge in [0.2, 0.25) is 11.1 Å². The van der Waals surface area contributed by atoms with E-state index in [0.29, 0.717) is 11.1 Å². The predicted octanol–water partition coefficient (Wildman–Crippen LogP) is 1.52. The first kappa shape index (κ1) is 25.5. The number of nitrogens with zero attached hydrogens (tertiary/aromatic N) is 3. The molecule has 2 aromatic heterocycles. The fourth-order valence-corrected chi connectivity index (χ4v) is 5.08. The summed E-state index contributed by atoms with van der Waals surface area (Å²) in [6, 6.07) is 8.97. The third-order valence-electron chi connectivity index (χ3n) is 6.21. The summed E-state index contributed by atoms with van der Waals surface area (Å²) in [5.74, 6) is -1.99. The number of fused-ring (bicyclic) bond motifs is 3. The van der Waals surface area contributed by atoms with E-state index in [-0.39, 0.29) is 23.4 Å². The SMILES string of the molecule is C[C@H](Nc1nc(Cl)nn2c([C@@]34OCC(OCP(=O)(O)O)[C@H](O3)[C@@H](O)[C@H]4O)ccc12)c1ccccc1F. The van der Waals surface area contributed by atoms with Crippen molar-refractivity contribution >= 4 is 30.5 Å². The summed E-state index contributed by atoms with van der Waals surface area (Å²) in [5, 5.41) is 28.7. The summed E-state index contributed by atoms with van der Waals surface area (Å²) >= 11 is 6.18. The van der Waals surface area contributed by atoms with Crippen LogP contribution in [-0.4, -0.2) is 72.0 Å². The number of hydrogen-bond acceptors (Lipinski definition) is 9. The molecule has 0 aliphatic carbocycles. The molecule has 5 rings (SSSR count). The van der Waals surface area contributed by atoms with Crippen LogP contribution in [0.15, 0.2) is 36.4 Å². The number of nitrogens with one attached hydrogen (secondary N) is 1. The molecule has 1 aromatic carbocycles. The van der Waals surface area contributed by atoms with Gasteiger partial charge in [-0.25, -0.2) is 8.91 Å². The standard InChI is InChI=1S/C21H23ClFN4O8P/c1-10(11-4-2-3-5-12(11)23)24-19-13-6-7-15(27(13)26-20(22)25-19)21-18(29)16(28)17(35-21)14(8-34-21)33-9-36(30,31)32/h2-7,10,14,16-18,28-29H,8-9H2,1H3,(H,24,25,26)(H2,30,31,32)/t10-,14?,16+,17-,18+,21+/m0/s1. The van der Waals surface area contributed by atoms with E-state index < -0.39 is 56.0 Å². The lowest BCUT2D eigenvalue weighted by Gasteiger charge is -2.37. The summed E-state index contributed by atoms with van der Waals surface area (Å²) in [7, 11) is -4.48. The van der Waals surface area contributed by atoms with Gasteiger partial charge in [0.05, 0.1) is 12.6 Å². The third kappa shape index (κ3) is 4.40. The molecule has 36 heavy (non-hydrogen) atoms. The minimum Gasteiger partial charge on any atom is -0.387 e. The molecule has 15 heteroatoms. The summed E-state index contributed by atoms with van der Waals surface area (Å²) < 4.78 is 43.7. The maximum Gasteiger partial charge on any atom is 0.350 e. The van der Waals surface area contributed by atoms with Crippen LogP contribution in [0.2, 0.25) is 5.28 Å². The maximum absolute atomic E-state index is 14.3. The van der Waals surface area contributed by atoms with Gasteiger partial charge in [-0.1, -0.05) is 18.2 Å². The van der Waals surface area contributed by atoms with Gasteiger partial charge in [-0.05, 0) is 36.7 Å². The average Bonchev–Trinajstić information content (AvgIpc) is 3.33. The van der Waals surface area contributed by atoms with Crippen molar-refractivity contribution in [3.05, 3.63) is 58.8 Å². The van der Waals surface area contributed by atoms with Crippen molar-refractivity contribution in [3.8, 4) is 0 Å². The minimum absolute atomic E-state index is 0.164. The molecule has 0 amide bonds. The van der Waals surface area contributed by atoms with E-state index in [1.807, 2.05) is 0 Å². The lowest BCUT2D eigenvalue weighted by molar-refractivity contribution is -0.322. The molecule has 2 bridgehead atoms. The highest BCUT2D eigenvalue weighted by molar-refractivity contribution is 7.51. The number of anilines is 1. The Morgan fingerprint density at radius 3 is 2.81 bits per heavy atom. The first-order chi connectivity index (χ1) is 17.0. The highest BCUT2D eigenvalue weighted by Gasteiger charge is 2.63. The topological polar surface area (TPSA) is 168 Å². The van der Waals surface area contributed by atoms with Crippen molar-refractivity contribution in [1.82, 2.24) is 14.6 Å². The fraction of sp³-hybridized carbons (Fsp3) is 0.429.